The van der Waals surface area contributed by atoms with Gasteiger partial charge in [0.25, 0.3) is 0 Å². The number of unbranched alkanes of at least 4 members (excludes halogenated alkanes) is 1. The van der Waals surface area contributed by atoms with Crippen molar-refractivity contribution in [1.82, 2.24) is 16.0 Å². The Balaban J connectivity index is 5.01. The number of ketones is 1. The van der Waals surface area contributed by atoms with Crippen LogP contribution in [-0.2, 0) is 23.9 Å². The molecule has 3 atom stereocenters. The molecule has 0 heterocycles. The summed E-state index contributed by atoms with van der Waals surface area (Å²) in [5.41, 5.74) is 4.47. The summed E-state index contributed by atoms with van der Waals surface area (Å²) in [6, 6.07) is -2.21. The van der Waals surface area contributed by atoms with Crippen LogP contribution in [0.25, 0.3) is 0 Å². The smallest absolute Gasteiger partial charge is 0.312 e. The fraction of sp³-hybridized carbons (Fsp3) is 0.853. The standard InChI is InChI=1S/C34H64N4O6/c1-22(2)27(29(41)37-25(28(40)34(10,11)12)17-15-19-36-31(35)43)38-26(39)18-14-13-16-23(3)44-30(42)24(20-32(4,5)6)21-33(7,8)9/h22-25,27H,13-21H2,1-12H3,(H,37,41)(H,38,39)(H3,35,36,43)/t23?,25-,27-/m0/s1. The van der Waals surface area contributed by atoms with Crippen LogP contribution in [0.5, 0.6) is 0 Å². The number of nitrogens with two attached hydrogens (primary N) is 1. The van der Waals surface area contributed by atoms with Crippen LogP contribution in [0.15, 0.2) is 0 Å². The molecule has 10 heteroatoms. The van der Waals surface area contributed by atoms with Crippen LogP contribution in [-0.4, -0.2) is 54.3 Å². The van der Waals surface area contributed by atoms with Crippen molar-refractivity contribution in [3.05, 3.63) is 0 Å². The van der Waals surface area contributed by atoms with Crippen molar-refractivity contribution < 1.29 is 28.7 Å². The number of rotatable bonds is 18. The Kier molecular flexibility index (Phi) is 17.2. The largest absolute Gasteiger partial charge is 0.462 e. The van der Waals surface area contributed by atoms with E-state index in [0.717, 1.165) is 12.8 Å². The number of amides is 4. The van der Waals surface area contributed by atoms with E-state index in [1.165, 1.54) is 0 Å². The lowest BCUT2D eigenvalue weighted by molar-refractivity contribution is -0.156. The fourth-order valence-electron chi connectivity index (χ4n) is 5.14. The second kappa shape index (κ2) is 18.4. The molecular weight excluding hydrogens is 560 g/mol. The van der Waals surface area contributed by atoms with Gasteiger partial charge in [-0.1, -0.05) is 76.2 Å². The summed E-state index contributed by atoms with van der Waals surface area (Å²) < 4.78 is 5.82. The Hall–Kier alpha value is -2.65. The zero-order valence-electron chi connectivity index (χ0n) is 29.8. The molecular formula is C34H64N4O6. The lowest BCUT2D eigenvalue weighted by Gasteiger charge is -2.30. The zero-order chi connectivity index (χ0) is 34.5. The molecule has 0 saturated carbocycles. The van der Waals surface area contributed by atoms with Gasteiger partial charge in [0.15, 0.2) is 5.78 Å². The van der Waals surface area contributed by atoms with Gasteiger partial charge in [-0.25, -0.2) is 4.79 Å². The minimum absolute atomic E-state index is 0.0168. The van der Waals surface area contributed by atoms with Gasteiger partial charge in [-0.3, -0.25) is 19.2 Å². The normalized spacial score (nSPS) is 14.5. The van der Waals surface area contributed by atoms with Crippen LogP contribution in [0, 0.1) is 28.1 Å². The Morgan fingerprint density at radius 1 is 0.750 bits per heavy atom. The molecule has 1 unspecified atom stereocenters. The Labute approximate surface area is 267 Å². The minimum Gasteiger partial charge on any atom is -0.462 e. The molecule has 256 valence electrons. The summed E-state index contributed by atoms with van der Waals surface area (Å²) >= 11 is 0. The van der Waals surface area contributed by atoms with Gasteiger partial charge in [0.1, 0.15) is 6.04 Å². The molecule has 10 nitrogen and oxygen atoms in total. The quantitative estimate of drug-likeness (QED) is 0.114. The van der Waals surface area contributed by atoms with Gasteiger partial charge in [0.2, 0.25) is 11.8 Å². The topological polar surface area (TPSA) is 157 Å². The van der Waals surface area contributed by atoms with E-state index < -0.39 is 29.4 Å². The first-order chi connectivity index (χ1) is 19.9. The molecule has 0 saturated heterocycles. The number of carbonyl (C=O) groups excluding carboxylic acids is 5. The molecule has 0 rings (SSSR count). The summed E-state index contributed by atoms with van der Waals surface area (Å²) in [5, 5.41) is 8.17. The molecule has 0 fully saturated rings. The summed E-state index contributed by atoms with van der Waals surface area (Å²) in [4.78, 5) is 63.1. The number of Topliss-reactive ketones (excluding diaryl/α,β-unsaturated/α-hetero) is 1. The third-order valence-electron chi connectivity index (χ3n) is 7.24. The summed E-state index contributed by atoms with van der Waals surface area (Å²) in [6.45, 7) is 24.0. The van der Waals surface area contributed by atoms with Crippen LogP contribution < -0.4 is 21.7 Å². The number of esters is 1. The van der Waals surface area contributed by atoms with Crippen LogP contribution in [0.2, 0.25) is 0 Å². The molecule has 0 bridgehead atoms. The fourth-order valence-corrected chi connectivity index (χ4v) is 5.14. The molecule has 0 aliphatic rings. The minimum atomic E-state index is -0.802. The number of nitrogens with one attached hydrogen (secondary N) is 3. The van der Waals surface area contributed by atoms with E-state index in [1.807, 2.05) is 20.8 Å². The van der Waals surface area contributed by atoms with Crippen LogP contribution in [0.1, 0.15) is 134 Å². The van der Waals surface area contributed by atoms with Gasteiger partial charge < -0.3 is 26.4 Å². The third-order valence-corrected chi connectivity index (χ3v) is 7.24. The Morgan fingerprint density at radius 2 is 1.30 bits per heavy atom. The zero-order valence-corrected chi connectivity index (χ0v) is 29.8. The average molecular weight is 625 g/mol. The maximum Gasteiger partial charge on any atom is 0.312 e. The van der Waals surface area contributed by atoms with Gasteiger partial charge in [0, 0.05) is 18.4 Å². The van der Waals surface area contributed by atoms with Crippen LogP contribution in [0.4, 0.5) is 4.79 Å². The van der Waals surface area contributed by atoms with Crippen molar-refractivity contribution in [2.24, 2.45) is 33.8 Å². The maximum atomic E-state index is 13.2. The van der Waals surface area contributed by atoms with E-state index in [2.05, 4.69) is 57.5 Å². The van der Waals surface area contributed by atoms with E-state index in [-0.39, 0.29) is 59.4 Å². The number of ether oxygens (including phenoxy) is 1. The predicted octanol–water partition coefficient (Wildman–Crippen LogP) is 5.66. The number of primary amides is 1. The van der Waals surface area contributed by atoms with Crippen molar-refractivity contribution in [2.45, 2.75) is 153 Å². The number of hydrogen-bond donors (Lipinski definition) is 4. The highest BCUT2D eigenvalue weighted by Gasteiger charge is 2.34. The molecule has 0 spiro atoms. The first-order valence-electron chi connectivity index (χ1n) is 16.3. The molecule has 4 amide bonds. The summed E-state index contributed by atoms with van der Waals surface area (Å²) in [5.74, 6) is -1.31. The van der Waals surface area contributed by atoms with Gasteiger partial charge in [-0.15, -0.1) is 0 Å². The van der Waals surface area contributed by atoms with Crippen LogP contribution in [0.3, 0.4) is 0 Å². The Morgan fingerprint density at radius 3 is 1.75 bits per heavy atom. The third kappa shape index (κ3) is 18.9. The van der Waals surface area contributed by atoms with Crippen molar-refractivity contribution in [1.29, 1.82) is 0 Å². The number of urea groups is 1. The lowest BCUT2D eigenvalue weighted by Crippen LogP contribution is -2.55. The molecule has 5 N–H and O–H groups in total. The lowest BCUT2D eigenvalue weighted by atomic mass is 9.77. The first-order valence-corrected chi connectivity index (χ1v) is 16.3. The first kappa shape index (κ1) is 41.4. The van der Waals surface area contributed by atoms with Crippen molar-refractivity contribution in [3.8, 4) is 0 Å². The second-order valence-electron chi connectivity index (χ2n) is 16.1. The monoisotopic (exact) mass is 624 g/mol. The highest BCUT2D eigenvalue weighted by molar-refractivity contribution is 5.94. The SMILES string of the molecule is CC(CCCCC(=O)N[C@H](C(=O)N[C@@H](CCCNC(N)=O)C(=O)C(C)(C)C)C(C)C)OC(=O)C(CC(C)(C)C)CC(C)(C)C. The van der Waals surface area contributed by atoms with E-state index in [0.29, 0.717) is 32.1 Å². The van der Waals surface area contributed by atoms with Crippen molar-refractivity contribution in [2.75, 3.05) is 6.54 Å². The van der Waals surface area contributed by atoms with E-state index in [1.54, 1.807) is 20.8 Å². The number of carbonyl (C=O) groups is 5. The summed E-state index contributed by atoms with van der Waals surface area (Å²) in [7, 11) is 0. The molecule has 0 aromatic carbocycles. The van der Waals surface area contributed by atoms with E-state index >= 15 is 0 Å². The van der Waals surface area contributed by atoms with Gasteiger partial charge in [0.05, 0.1) is 18.1 Å². The predicted molar refractivity (Wildman–Crippen MR) is 176 cm³/mol. The van der Waals surface area contributed by atoms with Gasteiger partial charge >= 0.3 is 12.0 Å². The average Bonchev–Trinajstić information content (AvgIpc) is 2.83. The van der Waals surface area contributed by atoms with Crippen LogP contribution >= 0.6 is 0 Å². The van der Waals surface area contributed by atoms with Crippen molar-refractivity contribution >= 4 is 29.6 Å². The Bertz CT molecular complexity index is 927. The maximum absolute atomic E-state index is 13.2. The molecule has 0 aliphatic heterocycles. The second-order valence-corrected chi connectivity index (χ2v) is 16.1. The summed E-state index contributed by atoms with van der Waals surface area (Å²) in [6.07, 6.45) is 4.22. The van der Waals surface area contributed by atoms with Crippen molar-refractivity contribution in [3.63, 3.8) is 0 Å². The molecule has 0 radical (unpaired) electrons. The molecule has 0 aromatic heterocycles. The number of hydrogen-bond acceptors (Lipinski definition) is 6. The highest BCUT2D eigenvalue weighted by Crippen LogP contribution is 2.34. The van der Waals surface area contributed by atoms with Gasteiger partial charge in [-0.2, -0.15) is 0 Å². The van der Waals surface area contributed by atoms with E-state index in [9.17, 15) is 24.0 Å². The molecule has 44 heavy (non-hydrogen) atoms. The van der Waals surface area contributed by atoms with E-state index in [4.69, 9.17) is 10.5 Å². The van der Waals surface area contributed by atoms with Gasteiger partial charge in [-0.05, 0) is 68.6 Å². The highest BCUT2D eigenvalue weighted by atomic mass is 16.5. The molecule has 0 aliphatic carbocycles. The molecule has 0 aromatic rings.